The molecular weight excluding hydrogens is 348 g/mol. The molecule has 0 atom stereocenters. The number of likely N-dealkylation sites (N-methyl/N-ethyl adjacent to an activating group) is 1. The maximum Gasteiger partial charge on any atom is 0.316 e. The van der Waals surface area contributed by atoms with Crippen molar-refractivity contribution in [1.29, 1.82) is 0 Å². The Balaban J connectivity index is 1.51. The summed E-state index contributed by atoms with van der Waals surface area (Å²) in [5.41, 5.74) is 1.39. The van der Waals surface area contributed by atoms with Crippen LogP contribution >= 0.6 is 0 Å². The third-order valence-corrected chi connectivity index (χ3v) is 5.04. The van der Waals surface area contributed by atoms with E-state index in [1.54, 1.807) is 23.1 Å². The second-order valence-corrected chi connectivity index (χ2v) is 6.84. The van der Waals surface area contributed by atoms with Gasteiger partial charge in [0.1, 0.15) is 5.75 Å². The molecule has 1 aromatic heterocycles. The minimum absolute atomic E-state index is 0.00554. The highest BCUT2D eigenvalue weighted by Crippen LogP contribution is 2.35. The van der Waals surface area contributed by atoms with Crippen LogP contribution in [0.15, 0.2) is 22.7 Å². The molecule has 0 saturated heterocycles. The average Bonchev–Trinajstić information content (AvgIpc) is 3.19. The summed E-state index contributed by atoms with van der Waals surface area (Å²) in [6.07, 6.45) is 5.46. The molecule has 1 saturated carbocycles. The van der Waals surface area contributed by atoms with Gasteiger partial charge in [0.15, 0.2) is 6.61 Å². The first-order chi connectivity index (χ1) is 13.2. The zero-order chi connectivity index (χ0) is 18.8. The van der Waals surface area contributed by atoms with Crippen LogP contribution in [-0.4, -0.2) is 41.1 Å². The topological polar surface area (TPSA) is 97.6 Å². The van der Waals surface area contributed by atoms with Gasteiger partial charge in [0.05, 0.1) is 5.69 Å². The zero-order valence-electron chi connectivity index (χ0n) is 15.2. The number of nitrogens with one attached hydrogen (secondary N) is 1. The Hall–Kier alpha value is -2.90. The van der Waals surface area contributed by atoms with Gasteiger partial charge in [0.2, 0.25) is 5.82 Å². The van der Waals surface area contributed by atoms with Crippen molar-refractivity contribution < 1.29 is 18.8 Å². The van der Waals surface area contributed by atoms with E-state index in [4.69, 9.17) is 9.26 Å². The first-order valence-electron chi connectivity index (χ1n) is 9.38. The summed E-state index contributed by atoms with van der Waals surface area (Å²) < 4.78 is 10.7. The van der Waals surface area contributed by atoms with Gasteiger partial charge in [-0.15, -0.1) is 0 Å². The summed E-state index contributed by atoms with van der Waals surface area (Å²) in [4.78, 5) is 30.1. The van der Waals surface area contributed by atoms with Crippen LogP contribution in [0, 0.1) is 0 Å². The Bertz CT molecular complexity index is 857. The lowest BCUT2D eigenvalue weighted by atomic mass is 9.95. The van der Waals surface area contributed by atoms with Gasteiger partial charge in [-0.3, -0.25) is 9.59 Å². The van der Waals surface area contributed by atoms with Crippen LogP contribution in [0.2, 0.25) is 0 Å². The molecule has 1 aliphatic heterocycles. The number of carbonyl (C=O) groups excluding carboxylic acids is 2. The Kier molecular flexibility index (Phi) is 4.79. The van der Waals surface area contributed by atoms with Gasteiger partial charge >= 0.3 is 11.8 Å². The van der Waals surface area contributed by atoms with Crippen molar-refractivity contribution in [2.75, 3.05) is 18.1 Å². The normalized spacial score (nSPS) is 17.4. The zero-order valence-corrected chi connectivity index (χ0v) is 15.2. The number of hydrogen-bond acceptors (Lipinski definition) is 6. The number of fused-ring (bicyclic) bond motifs is 1. The van der Waals surface area contributed by atoms with Gasteiger partial charge in [-0.1, -0.05) is 24.4 Å². The van der Waals surface area contributed by atoms with E-state index in [2.05, 4.69) is 15.5 Å². The fraction of sp³-hybridized carbons (Fsp3) is 0.474. The first-order valence-corrected chi connectivity index (χ1v) is 9.38. The van der Waals surface area contributed by atoms with E-state index >= 15 is 0 Å². The van der Waals surface area contributed by atoms with Crippen molar-refractivity contribution >= 4 is 17.5 Å². The molecule has 0 unspecified atom stereocenters. The molecule has 2 aromatic rings. The molecule has 2 amide bonds. The van der Waals surface area contributed by atoms with E-state index in [-0.39, 0.29) is 30.4 Å². The maximum absolute atomic E-state index is 12.3. The molecule has 1 fully saturated rings. The largest absolute Gasteiger partial charge is 0.482 e. The van der Waals surface area contributed by atoms with Crippen LogP contribution in [0.5, 0.6) is 5.75 Å². The number of hydrogen-bond donors (Lipinski definition) is 1. The molecule has 8 heteroatoms. The van der Waals surface area contributed by atoms with E-state index in [0.717, 1.165) is 31.4 Å². The highest BCUT2D eigenvalue weighted by atomic mass is 16.5. The molecule has 8 nitrogen and oxygen atoms in total. The number of aromatic nitrogens is 2. The summed E-state index contributed by atoms with van der Waals surface area (Å²) in [5.74, 6) is 0.457. The molecule has 0 radical (unpaired) electrons. The summed E-state index contributed by atoms with van der Waals surface area (Å²) in [7, 11) is 0. The molecule has 4 rings (SSSR count). The smallest absolute Gasteiger partial charge is 0.316 e. The summed E-state index contributed by atoms with van der Waals surface area (Å²) in [6.45, 7) is 2.49. The lowest BCUT2D eigenvalue weighted by Crippen LogP contribution is -2.38. The quantitative estimate of drug-likeness (QED) is 0.888. The molecule has 1 aromatic carbocycles. The van der Waals surface area contributed by atoms with E-state index < -0.39 is 0 Å². The van der Waals surface area contributed by atoms with Crippen LogP contribution < -0.4 is 15.0 Å². The van der Waals surface area contributed by atoms with Crippen molar-refractivity contribution in [2.24, 2.45) is 0 Å². The molecule has 27 heavy (non-hydrogen) atoms. The lowest BCUT2D eigenvalue weighted by Gasteiger charge is -2.28. The van der Waals surface area contributed by atoms with E-state index in [1.165, 1.54) is 6.42 Å². The third-order valence-electron chi connectivity index (χ3n) is 5.04. The Morgan fingerprint density at radius 3 is 2.89 bits per heavy atom. The number of anilines is 1. The van der Waals surface area contributed by atoms with E-state index in [1.807, 2.05) is 6.92 Å². The van der Waals surface area contributed by atoms with Crippen LogP contribution in [0.3, 0.4) is 0 Å². The van der Waals surface area contributed by atoms with E-state index in [0.29, 0.717) is 23.7 Å². The molecular formula is C19H22N4O4. The lowest BCUT2D eigenvalue weighted by molar-refractivity contribution is -0.121. The van der Waals surface area contributed by atoms with Crippen LogP contribution in [0.1, 0.15) is 49.7 Å². The Morgan fingerprint density at radius 1 is 1.30 bits per heavy atom. The average molecular weight is 370 g/mol. The van der Waals surface area contributed by atoms with Crippen molar-refractivity contribution in [3.8, 4) is 17.1 Å². The first kappa shape index (κ1) is 17.5. The predicted molar refractivity (Wildman–Crippen MR) is 97.6 cm³/mol. The molecule has 142 valence electrons. The number of nitrogens with zero attached hydrogens (tertiary/aromatic N) is 3. The predicted octanol–water partition coefficient (Wildman–Crippen LogP) is 2.54. The van der Waals surface area contributed by atoms with Crippen LogP contribution in [-0.2, 0) is 4.79 Å². The number of carbonyl (C=O) groups is 2. The molecule has 0 bridgehead atoms. The van der Waals surface area contributed by atoms with Gasteiger partial charge in [-0.25, -0.2) is 0 Å². The summed E-state index contributed by atoms with van der Waals surface area (Å²) >= 11 is 0. The fourth-order valence-electron chi connectivity index (χ4n) is 3.62. The molecule has 1 N–H and O–H groups in total. The van der Waals surface area contributed by atoms with Crippen LogP contribution in [0.25, 0.3) is 11.4 Å². The standard InChI is InChI=1S/C19H22N4O4/c1-2-23-14-9-8-12(10-15(14)26-11-16(23)24)17-21-19(27-22-17)18(25)20-13-6-4-3-5-7-13/h8-10,13H,2-7,11H2,1H3,(H,20,25). The highest BCUT2D eigenvalue weighted by Gasteiger charge is 2.26. The number of benzene rings is 1. The van der Waals surface area contributed by atoms with Crippen molar-refractivity contribution in [2.45, 2.75) is 45.1 Å². The number of rotatable bonds is 4. The van der Waals surface area contributed by atoms with Crippen molar-refractivity contribution in [3.05, 3.63) is 24.1 Å². The molecule has 2 heterocycles. The van der Waals surface area contributed by atoms with Gasteiger partial charge < -0.3 is 19.5 Å². The van der Waals surface area contributed by atoms with E-state index in [9.17, 15) is 9.59 Å². The second-order valence-electron chi connectivity index (χ2n) is 6.84. The monoisotopic (exact) mass is 370 g/mol. The second kappa shape index (κ2) is 7.38. The Labute approximate surface area is 156 Å². The number of amides is 2. The highest BCUT2D eigenvalue weighted by molar-refractivity contribution is 5.98. The fourth-order valence-corrected chi connectivity index (χ4v) is 3.62. The minimum Gasteiger partial charge on any atom is -0.482 e. The van der Waals surface area contributed by atoms with Gasteiger partial charge in [-0.2, -0.15) is 4.98 Å². The van der Waals surface area contributed by atoms with Gasteiger partial charge in [0, 0.05) is 18.2 Å². The SMILES string of the molecule is CCN1C(=O)COc2cc(-c3noc(C(=O)NC4CCCCC4)n3)ccc21. The maximum atomic E-state index is 12.3. The van der Waals surface area contributed by atoms with Gasteiger partial charge in [0.25, 0.3) is 5.91 Å². The molecule has 1 aliphatic carbocycles. The van der Waals surface area contributed by atoms with Crippen LogP contribution in [0.4, 0.5) is 5.69 Å². The summed E-state index contributed by atoms with van der Waals surface area (Å²) in [5, 5.41) is 6.88. The minimum atomic E-state index is -0.336. The van der Waals surface area contributed by atoms with Gasteiger partial charge in [-0.05, 0) is 38.0 Å². The third kappa shape index (κ3) is 3.51. The van der Waals surface area contributed by atoms with Crippen molar-refractivity contribution in [1.82, 2.24) is 15.5 Å². The number of ether oxygens (including phenoxy) is 1. The summed E-state index contributed by atoms with van der Waals surface area (Å²) in [6, 6.07) is 5.52. The van der Waals surface area contributed by atoms with Crippen molar-refractivity contribution in [3.63, 3.8) is 0 Å². The Morgan fingerprint density at radius 2 is 2.11 bits per heavy atom. The molecule has 2 aliphatic rings. The molecule has 0 spiro atoms.